The monoisotopic (exact) mass is 839 g/mol. The molecule has 0 saturated carbocycles. The minimum atomic E-state index is -1.01. The zero-order chi connectivity index (χ0) is 41.8. The molecule has 302 valence electrons. The van der Waals surface area contributed by atoms with E-state index < -0.39 is 34.0 Å². The molecule has 0 amide bonds. The Hall–Kier alpha value is -4.35. The minimum absolute atomic E-state index is 0.0352. The van der Waals surface area contributed by atoms with Crippen molar-refractivity contribution in [1.82, 2.24) is 16.2 Å². The molecule has 21 heteroatoms. The average molecular weight is 840 g/mol. The van der Waals surface area contributed by atoms with Crippen molar-refractivity contribution in [1.29, 1.82) is 10.8 Å². The zero-order valence-corrected chi connectivity index (χ0v) is 33.6. The zero-order valence-electron chi connectivity index (χ0n) is 30.3. The maximum atomic E-state index is 10.3. The molecule has 0 aliphatic heterocycles. The summed E-state index contributed by atoms with van der Waals surface area (Å²) < 4.78 is -0.400. The molecule has 0 spiro atoms. The second-order valence-electron chi connectivity index (χ2n) is 10.8. The van der Waals surface area contributed by atoms with Crippen molar-refractivity contribution in [3.63, 3.8) is 0 Å². The molecule has 0 unspecified atom stereocenters. The number of hydrogen-bond donors (Lipinski definition) is 13. The summed E-state index contributed by atoms with van der Waals surface area (Å²) in [6, 6.07) is 19.0. The molecule has 1 aliphatic rings. The maximum Gasteiger partial charge on any atom is 0.313 e. The summed E-state index contributed by atoms with van der Waals surface area (Å²) in [5.41, 5.74) is 18.4. The predicted octanol–water partition coefficient (Wildman–Crippen LogP) is 2.88. The Kier molecular flexibility index (Phi) is 27.6. The van der Waals surface area contributed by atoms with E-state index in [0.29, 0.717) is 11.4 Å². The van der Waals surface area contributed by atoms with Gasteiger partial charge in [-0.3, -0.25) is 30.6 Å². The van der Waals surface area contributed by atoms with Crippen LogP contribution < -0.4 is 27.6 Å². The summed E-state index contributed by atoms with van der Waals surface area (Å²) in [4.78, 5) is 30.9. The first-order chi connectivity index (χ1) is 26.0. The number of hydrogen-bond acceptors (Lipinski definition) is 14. The van der Waals surface area contributed by atoms with Gasteiger partial charge in [0, 0.05) is 12.1 Å². The van der Waals surface area contributed by atoms with Gasteiger partial charge < -0.3 is 42.3 Å². The van der Waals surface area contributed by atoms with E-state index in [4.69, 9.17) is 37.6 Å². The lowest BCUT2D eigenvalue weighted by Crippen LogP contribution is -2.28. The van der Waals surface area contributed by atoms with Gasteiger partial charge in [0.15, 0.2) is 5.17 Å². The Balaban J connectivity index is 0.000000715. The molecule has 0 fully saturated rings. The largest absolute Gasteiger partial charge is 0.481 e. The number of nitrogens with zero attached hydrogens (tertiary/aromatic N) is 2. The lowest BCUT2D eigenvalue weighted by Gasteiger charge is -2.17. The van der Waals surface area contributed by atoms with Crippen LogP contribution in [0.25, 0.3) is 0 Å². The van der Waals surface area contributed by atoms with Gasteiger partial charge in [0.25, 0.3) is 0 Å². The second kappa shape index (κ2) is 29.9. The molecule has 0 aromatic heterocycles. The third-order valence-electron chi connectivity index (χ3n) is 6.18. The van der Waals surface area contributed by atoms with Crippen LogP contribution in [0.15, 0.2) is 95.2 Å². The van der Waals surface area contributed by atoms with Gasteiger partial charge in [-0.05, 0) is 56.3 Å². The van der Waals surface area contributed by atoms with E-state index >= 15 is 0 Å². The first-order valence-electron chi connectivity index (χ1n) is 16.0. The van der Waals surface area contributed by atoms with Gasteiger partial charge in [-0.25, -0.2) is 5.43 Å². The maximum absolute atomic E-state index is 10.3. The van der Waals surface area contributed by atoms with Crippen molar-refractivity contribution in [2.24, 2.45) is 21.7 Å². The van der Waals surface area contributed by atoms with Crippen molar-refractivity contribution < 1.29 is 39.9 Å². The molecule has 3 rings (SSSR count). The molecular weight excluding hydrogens is 791 g/mol. The fourth-order valence-corrected chi connectivity index (χ4v) is 6.72. The van der Waals surface area contributed by atoms with E-state index in [9.17, 15) is 24.6 Å². The van der Waals surface area contributed by atoms with Gasteiger partial charge in [-0.1, -0.05) is 60.7 Å². The van der Waals surface area contributed by atoms with E-state index in [1.165, 1.54) is 0 Å². The van der Waals surface area contributed by atoms with Gasteiger partial charge in [0.1, 0.15) is 0 Å². The van der Waals surface area contributed by atoms with Crippen molar-refractivity contribution in [3.8, 4) is 0 Å². The minimum Gasteiger partial charge on any atom is -0.481 e. The molecule has 4 atom stereocenters. The van der Waals surface area contributed by atoms with Gasteiger partial charge in [0.05, 0.1) is 44.8 Å². The Morgan fingerprint density at radius 3 is 1.40 bits per heavy atom. The van der Waals surface area contributed by atoms with Crippen molar-refractivity contribution >= 4 is 88.4 Å². The number of thiol groups is 1. The number of amidine groups is 1. The van der Waals surface area contributed by atoms with Crippen LogP contribution in [-0.4, -0.2) is 106 Å². The normalized spacial score (nSPS) is 13.5. The molecule has 17 nitrogen and oxygen atoms in total. The summed E-state index contributed by atoms with van der Waals surface area (Å²) in [7, 11) is 1.84. The predicted molar refractivity (Wildman–Crippen MR) is 227 cm³/mol. The van der Waals surface area contributed by atoms with E-state index in [2.05, 4.69) is 39.0 Å². The molecule has 14 N–H and O–H groups in total. The number of benzene rings is 2. The highest BCUT2D eigenvalue weighted by Crippen LogP contribution is 2.33. The van der Waals surface area contributed by atoms with Crippen LogP contribution in [0.2, 0.25) is 0 Å². The molecule has 0 radical (unpaired) electrons. The number of rotatable bonds is 16. The number of thioether (sulfide) groups is 3. The molecule has 2 aromatic carbocycles. The number of likely N-dealkylation sites (N-methyl/N-ethyl adjacent to an activating group) is 1. The quantitative estimate of drug-likeness (QED) is 0.0289. The summed E-state index contributed by atoms with van der Waals surface area (Å²) in [5.74, 6) is -3.79. The SMILES string of the molecule is CN[C@@H](C)[C@@H](O)c1ccccc1.C[C@@H](N)[C@@H](O)c1ccccc1.N=C(N)NN=C1C=CC(=NNC(=N)S)C=C1.O=C(O)CSC(SCC(=O)O)SCC(=O)O. The van der Waals surface area contributed by atoms with Crippen LogP contribution in [-0.2, 0) is 14.4 Å². The summed E-state index contributed by atoms with van der Waals surface area (Å²) in [6.07, 6.45) is 5.82. The number of nitrogens with two attached hydrogens (primary N) is 2. The average Bonchev–Trinajstić information content (AvgIpc) is 3.16. The van der Waals surface area contributed by atoms with Crippen molar-refractivity contribution in [2.45, 2.75) is 42.1 Å². The fourth-order valence-electron chi connectivity index (χ4n) is 3.46. The van der Waals surface area contributed by atoms with E-state index in [1.807, 2.05) is 74.6 Å². The number of aliphatic hydroxyl groups is 2. The smallest absolute Gasteiger partial charge is 0.313 e. The standard InChI is InChI=1S/C10H15NO.C9H13NO.C8H11N7S.C7H10O6S3/c1-8(11-2)10(12)9-6-4-3-5-7-9;1-7(10)9(11)8-5-3-2-4-6-8;9-7(10)14-12-5-1-3-6(4-2-5)13-15-8(11)16;8-4(9)1-14-7(15-2-5(10)11)16-3-6(12)13/h3-8,10-12H,1-2H3;2-7,9,11H,10H2,1H3;1-4H,(H4,9,10,14)(H3,11,15,16);7H,1-3H2,(H,8,9)(H,10,11)(H,12,13)/t8-,10+;7-,9-;;/m01../s1. The summed E-state index contributed by atoms with van der Waals surface area (Å²) >= 11 is 6.76. The van der Waals surface area contributed by atoms with E-state index in [1.54, 1.807) is 31.2 Å². The number of guanidine groups is 1. The molecule has 2 aromatic rings. The molecule has 55 heavy (non-hydrogen) atoms. The summed E-state index contributed by atoms with van der Waals surface area (Å²) in [6.45, 7) is 3.75. The fraction of sp³-hybridized carbons (Fsp3) is 0.324. The Morgan fingerprint density at radius 1 is 0.727 bits per heavy atom. The first kappa shape index (κ1) is 50.6. The second-order valence-corrected chi connectivity index (χ2v) is 15.4. The van der Waals surface area contributed by atoms with Crippen LogP contribution in [0.1, 0.15) is 37.2 Å². The van der Waals surface area contributed by atoms with E-state index in [-0.39, 0.29) is 40.5 Å². The first-order valence-corrected chi connectivity index (χ1v) is 19.6. The van der Waals surface area contributed by atoms with Crippen LogP contribution in [0.4, 0.5) is 0 Å². The molecule has 1 aliphatic carbocycles. The van der Waals surface area contributed by atoms with Gasteiger partial charge in [0.2, 0.25) is 5.96 Å². The molecule has 0 bridgehead atoms. The third kappa shape index (κ3) is 27.0. The Bertz CT molecular complexity index is 1500. The number of hydrazone groups is 2. The number of carboxylic acids is 3. The van der Waals surface area contributed by atoms with Crippen molar-refractivity contribution in [2.75, 3.05) is 24.3 Å². The van der Waals surface area contributed by atoms with Gasteiger partial charge in [-0.2, -0.15) is 10.2 Å². The Labute approximate surface area is 338 Å². The van der Waals surface area contributed by atoms with Crippen LogP contribution in [0.5, 0.6) is 0 Å². The highest BCUT2D eigenvalue weighted by atomic mass is 32.3. The van der Waals surface area contributed by atoms with Crippen LogP contribution >= 0.6 is 47.9 Å². The topological polar surface area (TPSA) is 313 Å². The lowest BCUT2D eigenvalue weighted by molar-refractivity contribution is -0.134. The van der Waals surface area contributed by atoms with Gasteiger partial charge >= 0.3 is 17.9 Å². The lowest BCUT2D eigenvalue weighted by atomic mass is 10.0. The number of carboxylic acid groups (broad SMARTS) is 3. The summed E-state index contributed by atoms with van der Waals surface area (Å²) in [5, 5.41) is 69.1. The molecule has 0 heterocycles. The Morgan fingerprint density at radius 2 is 1.09 bits per heavy atom. The highest BCUT2D eigenvalue weighted by Gasteiger charge is 2.16. The number of allylic oxidation sites excluding steroid dienone is 4. The third-order valence-corrected chi connectivity index (χ3v) is 10.8. The molecular formula is C34H49N9O8S4. The number of nitrogens with one attached hydrogen (secondary N) is 5. The number of carbonyl (C=O) groups is 3. The van der Waals surface area contributed by atoms with E-state index in [0.717, 1.165) is 46.4 Å². The number of aliphatic carboxylic acids is 3. The van der Waals surface area contributed by atoms with Crippen LogP contribution in [0, 0.1) is 10.8 Å². The van der Waals surface area contributed by atoms with Gasteiger partial charge in [-0.15, -0.1) is 47.9 Å². The number of aliphatic hydroxyl groups excluding tert-OH is 2. The van der Waals surface area contributed by atoms with Crippen LogP contribution in [0.3, 0.4) is 0 Å². The highest BCUT2D eigenvalue weighted by molar-refractivity contribution is 8.32. The molecule has 0 saturated heterocycles. The van der Waals surface area contributed by atoms with Crippen molar-refractivity contribution in [3.05, 3.63) is 96.1 Å².